The highest BCUT2D eigenvalue weighted by molar-refractivity contribution is 9.10. The Labute approximate surface area is 138 Å². The van der Waals surface area contributed by atoms with Crippen molar-refractivity contribution in [2.24, 2.45) is 5.92 Å². The normalized spacial score (nSPS) is 15.5. The molecule has 1 heterocycles. The number of aliphatic carboxylic acids is 1. The Kier molecular flexibility index (Phi) is 5.14. The molecule has 122 valence electrons. The summed E-state index contributed by atoms with van der Waals surface area (Å²) in [7, 11) is -3.98. The lowest BCUT2D eigenvalue weighted by Gasteiger charge is -2.18. The van der Waals surface area contributed by atoms with Gasteiger partial charge in [0.1, 0.15) is 16.7 Å². The molecule has 1 aromatic rings. The first-order valence-corrected chi connectivity index (χ1v) is 9.18. The van der Waals surface area contributed by atoms with E-state index in [9.17, 15) is 18.3 Å². The number of benzene rings is 1. The molecule has 1 aliphatic heterocycles. The van der Waals surface area contributed by atoms with Gasteiger partial charge in [0.15, 0.2) is 0 Å². The van der Waals surface area contributed by atoms with Crippen LogP contribution in [0.5, 0.6) is 5.75 Å². The first kappa shape index (κ1) is 17.2. The Hall–Kier alpha value is -1.12. The third kappa shape index (κ3) is 3.80. The quantitative estimate of drug-likeness (QED) is 0.774. The van der Waals surface area contributed by atoms with Gasteiger partial charge in [0.25, 0.3) is 0 Å². The van der Waals surface area contributed by atoms with Gasteiger partial charge in [-0.25, -0.2) is 8.42 Å². The summed E-state index contributed by atoms with van der Waals surface area (Å²) in [6.45, 7) is 4.09. The molecule has 0 saturated carbocycles. The lowest BCUT2D eigenvalue weighted by atomic mass is 10.1. The summed E-state index contributed by atoms with van der Waals surface area (Å²) in [5, 5.41) is 9.21. The third-order valence-corrected chi connectivity index (χ3v) is 5.24. The minimum atomic E-state index is -3.98. The van der Waals surface area contributed by atoms with Crippen molar-refractivity contribution in [2.45, 2.75) is 37.6 Å². The average Bonchev–Trinajstić information content (AvgIpc) is 2.83. The molecular formula is C14H18BrNO5S. The molecule has 6 nitrogen and oxygen atoms in total. The van der Waals surface area contributed by atoms with E-state index < -0.39 is 22.0 Å². The molecule has 0 amide bonds. The fraction of sp³-hybridized carbons (Fsp3) is 0.500. The lowest BCUT2D eigenvalue weighted by molar-refractivity contribution is -0.139. The van der Waals surface area contributed by atoms with Crippen LogP contribution in [0.2, 0.25) is 0 Å². The molecule has 0 aromatic heterocycles. The van der Waals surface area contributed by atoms with Gasteiger partial charge in [-0.05, 0) is 24.5 Å². The van der Waals surface area contributed by atoms with Crippen molar-refractivity contribution in [2.75, 3.05) is 6.61 Å². The van der Waals surface area contributed by atoms with Crippen LogP contribution in [0.1, 0.15) is 25.8 Å². The molecule has 1 aliphatic rings. The number of halogens is 1. The topological polar surface area (TPSA) is 92.7 Å². The van der Waals surface area contributed by atoms with E-state index in [2.05, 4.69) is 20.7 Å². The van der Waals surface area contributed by atoms with Crippen molar-refractivity contribution >= 4 is 31.9 Å². The molecule has 0 aliphatic carbocycles. The second-order valence-electron chi connectivity index (χ2n) is 5.63. The molecule has 0 fully saturated rings. The number of carbonyl (C=O) groups is 1. The van der Waals surface area contributed by atoms with Gasteiger partial charge in [0.2, 0.25) is 10.0 Å². The van der Waals surface area contributed by atoms with Crippen LogP contribution in [0.4, 0.5) is 0 Å². The maximum atomic E-state index is 12.6. The number of carboxylic acid groups (broad SMARTS) is 1. The van der Waals surface area contributed by atoms with E-state index in [0.29, 0.717) is 23.2 Å². The third-order valence-electron chi connectivity index (χ3n) is 3.31. The van der Waals surface area contributed by atoms with E-state index in [1.165, 1.54) is 6.07 Å². The van der Waals surface area contributed by atoms with Gasteiger partial charge in [0, 0.05) is 16.5 Å². The number of ether oxygens (including phenoxy) is 1. The van der Waals surface area contributed by atoms with E-state index in [0.717, 1.165) is 5.56 Å². The van der Waals surface area contributed by atoms with Gasteiger partial charge in [-0.2, -0.15) is 4.72 Å². The highest BCUT2D eigenvalue weighted by atomic mass is 79.9. The summed E-state index contributed by atoms with van der Waals surface area (Å²) in [5.74, 6) is -0.831. The molecule has 2 rings (SSSR count). The summed E-state index contributed by atoms with van der Waals surface area (Å²) < 4.78 is 33.4. The van der Waals surface area contributed by atoms with Crippen LogP contribution in [0, 0.1) is 5.92 Å². The van der Waals surface area contributed by atoms with E-state index in [1.807, 2.05) is 19.9 Å². The van der Waals surface area contributed by atoms with Crippen molar-refractivity contribution < 1.29 is 23.1 Å². The summed E-state index contributed by atoms with van der Waals surface area (Å²) in [5.41, 5.74) is 0.797. The highest BCUT2D eigenvalue weighted by Gasteiger charge is 2.31. The number of nitrogens with one attached hydrogen (secondary N) is 1. The summed E-state index contributed by atoms with van der Waals surface area (Å²) in [4.78, 5) is 11.3. The van der Waals surface area contributed by atoms with Gasteiger partial charge < -0.3 is 9.84 Å². The number of fused-ring (bicyclic) bond motifs is 1. The zero-order valence-corrected chi connectivity index (χ0v) is 14.7. The van der Waals surface area contributed by atoms with Crippen LogP contribution in [0.3, 0.4) is 0 Å². The SMILES string of the molecule is CC(C)C[C@@H](NS(=O)(=O)c1cc(Br)cc2c1OCC2)C(=O)O. The fourth-order valence-electron chi connectivity index (χ4n) is 2.36. The molecular weight excluding hydrogens is 374 g/mol. The molecule has 0 radical (unpaired) electrons. The maximum Gasteiger partial charge on any atom is 0.321 e. The van der Waals surface area contributed by atoms with Crippen molar-refractivity contribution in [3.63, 3.8) is 0 Å². The van der Waals surface area contributed by atoms with Crippen LogP contribution in [-0.4, -0.2) is 32.1 Å². The number of hydrogen-bond donors (Lipinski definition) is 2. The molecule has 2 N–H and O–H groups in total. The average molecular weight is 392 g/mol. The first-order valence-electron chi connectivity index (χ1n) is 6.91. The van der Waals surface area contributed by atoms with Gasteiger partial charge in [-0.3, -0.25) is 4.79 Å². The second-order valence-corrected chi connectivity index (χ2v) is 8.23. The smallest absolute Gasteiger partial charge is 0.321 e. The Balaban J connectivity index is 2.37. The van der Waals surface area contributed by atoms with E-state index >= 15 is 0 Å². The number of sulfonamides is 1. The first-order chi connectivity index (χ1) is 10.2. The van der Waals surface area contributed by atoms with Crippen LogP contribution < -0.4 is 9.46 Å². The molecule has 1 aromatic carbocycles. The predicted molar refractivity (Wildman–Crippen MR) is 84.5 cm³/mol. The molecule has 0 bridgehead atoms. The van der Waals surface area contributed by atoms with Gasteiger partial charge >= 0.3 is 5.97 Å². The largest absolute Gasteiger partial charge is 0.492 e. The van der Waals surface area contributed by atoms with Crippen molar-refractivity contribution in [3.05, 3.63) is 22.2 Å². The molecule has 1 atom stereocenters. The predicted octanol–water partition coefficient (Wildman–Crippen LogP) is 2.16. The Morgan fingerprint density at radius 1 is 1.45 bits per heavy atom. The number of hydrogen-bond acceptors (Lipinski definition) is 4. The molecule has 0 unspecified atom stereocenters. The minimum Gasteiger partial charge on any atom is -0.492 e. The van der Waals surface area contributed by atoms with Gasteiger partial charge in [-0.1, -0.05) is 29.8 Å². The Morgan fingerprint density at radius 3 is 2.73 bits per heavy atom. The van der Waals surface area contributed by atoms with Crippen molar-refractivity contribution in [1.29, 1.82) is 0 Å². The van der Waals surface area contributed by atoms with Crippen LogP contribution >= 0.6 is 15.9 Å². The monoisotopic (exact) mass is 391 g/mol. The van der Waals surface area contributed by atoms with Crippen LogP contribution in [0.25, 0.3) is 0 Å². The number of carboxylic acids is 1. The minimum absolute atomic E-state index is 0.0237. The lowest BCUT2D eigenvalue weighted by Crippen LogP contribution is -2.41. The van der Waals surface area contributed by atoms with Gasteiger partial charge in [0.05, 0.1) is 6.61 Å². The van der Waals surface area contributed by atoms with E-state index in [4.69, 9.17) is 4.74 Å². The maximum absolute atomic E-state index is 12.6. The standard InChI is InChI=1S/C14H18BrNO5S/c1-8(2)5-11(14(17)18)16-22(19,20)12-7-10(15)6-9-3-4-21-13(9)12/h6-8,11,16H,3-5H2,1-2H3,(H,17,18)/t11-/m1/s1. The molecule has 0 spiro atoms. The number of rotatable bonds is 6. The van der Waals surface area contributed by atoms with Crippen molar-refractivity contribution in [3.8, 4) is 5.75 Å². The Morgan fingerprint density at radius 2 is 2.14 bits per heavy atom. The van der Waals surface area contributed by atoms with E-state index in [-0.39, 0.29) is 17.2 Å². The summed E-state index contributed by atoms with van der Waals surface area (Å²) >= 11 is 3.28. The van der Waals surface area contributed by atoms with E-state index in [1.54, 1.807) is 0 Å². The zero-order valence-electron chi connectivity index (χ0n) is 12.3. The fourth-order valence-corrected chi connectivity index (χ4v) is 4.43. The second kappa shape index (κ2) is 6.55. The summed E-state index contributed by atoms with van der Waals surface area (Å²) in [6.07, 6.45) is 0.845. The van der Waals surface area contributed by atoms with Crippen LogP contribution in [-0.2, 0) is 21.2 Å². The zero-order chi connectivity index (χ0) is 16.5. The molecule has 8 heteroatoms. The Bertz CT molecular complexity index is 687. The summed E-state index contributed by atoms with van der Waals surface area (Å²) in [6, 6.07) is 2.08. The highest BCUT2D eigenvalue weighted by Crippen LogP contribution is 2.35. The van der Waals surface area contributed by atoms with Crippen molar-refractivity contribution in [1.82, 2.24) is 4.72 Å². The van der Waals surface area contributed by atoms with Gasteiger partial charge in [-0.15, -0.1) is 0 Å². The van der Waals surface area contributed by atoms with Crippen LogP contribution in [0.15, 0.2) is 21.5 Å². The molecule has 0 saturated heterocycles. The molecule has 22 heavy (non-hydrogen) atoms.